The number of nitrogens with one attached hydrogen (secondary N) is 2. The third-order valence-electron chi connectivity index (χ3n) is 7.58. The number of aromatic amines is 1. The summed E-state index contributed by atoms with van der Waals surface area (Å²) in [5.41, 5.74) is 0.195. The fraction of sp³-hybridized carbons (Fsp3) is 0.583. The number of halogens is 2. The van der Waals surface area contributed by atoms with Crippen LogP contribution in [0, 0.1) is 17.7 Å². The van der Waals surface area contributed by atoms with E-state index in [-0.39, 0.29) is 29.2 Å². The van der Waals surface area contributed by atoms with Gasteiger partial charge in [-0.1, -0.05) is 0 Å². The zero-order valence-corrected chi connectivity index (χ0v) is 21.0. The van der Waals surface area contributed by atoms with Crippen molar-refractivity contribution in [3.05, 3.63) is 32.5 Å². The molecule has 0 amide bonds. The zero-order valence-electron chi connectivity index (χ0n) is 19.4. The van der Waals surface area contributed by atoms with Crippen LogP contribution < -0.4 is 25.9 Å². The van der Waals surface area contributed by atoms with Gasteiger partial charge >= 0.3 is 0 Å². The van der Waals surface area contributed by atoms with E-state index in [9.17, 15) is 9.59 Å². The first-order chi connectivity index (χ1) is 16.0. The van der Waals surface area contributed by atoms with Gasteiger partial charge in [-0.3, -0.25) is 14.0 Å². The van der Waals surface area contributed by atoms with E-state index in [2.05, 4.69) is 21.5 Å². The number of nitrogens with zero attached hydrogens (tertiary/aromatic N) is 2. The minimum Gasteiger partial charge on any atom is -0.492 e. The van der Waals surface area contributed by atoms with Gasteiger partial charge in [0.1, 0.15) is 15.9 Å². The Kier molecular flexibility index (Phi) is 6.14. The summed E-state index contributed by atoms with van der Waals surface area (Å²) in [5.74, 6) is 1.18. The molecule has 0 spiro atoms. The molecule has 3 heterocycles. The maximum atomic E-state index is 15.6. The molecule has 1 saturated heterocycles. The molecule has 0 bridgehead atoms. The molecule has 3 aromatic rings. The molecule has 2 N–H and O–H groups in total. The maximum Gasteiger partial charge on any atom is 0.271 e. The first-order valence-corrected chi connectivity index (χ1v) is 12.7. The molecule has 3 aliphatic rings. The number of hydrogen-bond donors (Lipinski definition) is 2. The van der Waals surface area contributed by atoms with Crippen LogP contribution in [-0.2, 0) is 0 Å². The lowest BCUT2D eigenvalue weighted by Gasteiger charge is -2.26. The van der Waals surface area contributed by atoms with Gasteiger partial charge in [0.2, 0.25) is 5.43 Å². The second-order valence-electron chi connectivity index (χ2n) is 9.92. The number of hydrogen-bond acceptors (Lipinski definition) is 6. The van der Waals surface area contributed by atoms with Crippen molar-refractivity contribution in [2.75, 3.05) is 31.6 Å². The van der Waals surface area contributed by atoms with E-state index in [1.54, 1.807) is 0 Å². The molecule has 2 atom stereocenters. The number of H-pyrrole nitrogens is 1. The molecule has 34 heavy (non-hydrogen) atoms. The topological polar surface area (TPSA) is 79.4 Å². The molecular weight excluding hydrogens is 479 g/mol. The summed E-state index contributed by atoms with van der Waals surface area (Å²) in [7, 11) is 1.54. The predicted octanol–water partition coefficient (Wildman–Crippen LogP) is 4.02. The normalized spacial score (nSPS) is 21.3. The number of fused-ring (bicyclic) bond motifs is 2. The van der Waals surface area contributed by atoms with E-state index >= 15 is 4.39 Å². The van der Waals surface area contributed by atoms with Gasteiger partial charge in [0.25, 0.3) is 5.56 Å². The maximum absolute atomic E-state index is 15.6. The highest BCUT2D eigenvalue weighted by atomic mass is 35.5. The Hall–Kier alpha value is -2.10. The molecular formula is C24H30ClFN4O3S. The Labute approximate surface area is 206 Å². The van der Waals surface area contributed by atoms with Gasteiger partial charge in [-0.2, -0.15) is 0 Å². The van der Waals surface area contributed by atoms with Crippen LogP contribution in [0.2, 0.25) is 0 Å². The molecule has 1 aromatic carbocycles. The highest BCUT2D eigenvalue weighted by Crippen LogP contribution is 2.46. The molecule has 0 radical (unpaired) electrons. The highest BCUT2D eigenvalue weighted by Gasteiger charge is 2.35. The van der Waals surface area contributed by atoms with Crippen LogP contribution in [0.15, 0.2) is 15.7 Å². The van der Waals surface area contributed by atoms with Gasteiger partial charge in [-0.25, -0.2) is 4.39 Å². The van der Waals surface area contributed by atoms with E-state index in [1.165, 1.54) is 37.6 Å². The van der Waals surface area contributed by atoms with Crippen molar-refractivity contribution in [2.24, 2.45) is 11.8 Å². The number of pyridine rings is 1. The molecule has 184 valence electrons. The Bertz CT molecular complexity index is 1360. The largest absolute Gasteiger partial charge is 0.492 e. The molecule has 1 unspecified atom stereocenters. The zero-order chi connectivity index (χ0) is 22.9. The number of aromatic nitrogens is 2. The van der Waals surface area contributed by atoms with Crippen molar-refractivity contribution in [3.63, 3.8) is 0 Å². The van der Waals surface area contributed by atoms with E-state index in [0.29, 0.717) is 33.7 Å². The molecule has 2 aliphatic carbocycles. The first-order valence-electron chi connectivity index (χ1n) is 11.9. The van der Waals surface area contributed by atoms with Crippen LogP contribution in [-0.4, -0.2) is 41.7 Å². The molecule has 7 nitrogen and oxygen atoms in total. The van der Waals surface area contributed by atoms with E-state index in [0.717, 1.165) is 44.8 Å². The lowest BCUT2D eigenvalue weighted by atomic mass is 10.0. The predicted molar refractivity (Wildman–Crippen MR) is 137 cm³/mol. The van der Waals surface area contributed by atoms with Gasteiger partial charge in [0, 0.05) is 25.2 Å². The molecule has 3 fully saturated rings. The van der Waals surface area contributed by atoms with Crippen molar-refractivity contribution < 1.29 is 9.13 Å². The van der Waals surface area contributed by atoms with Crippen LogP contribution in [0.3, 0.4) is 0 Å². The second-order valence-corrected chi connectivity index (χ2v) is 10.7. The summed E-state index contributed by atoms with van der Waals surface area (Å²) in [4.78, 5) is 28.3. The summed E-state index contributed by atoms with van der Waals surface area (Å²) in [6.45, 7) is 4.77. The third kappa shape index (κ3) is 3.82. The van der Waals surface area contributed by atoms with Crippen LogP contribution in [0.1, 0.15) is 45.1 Å². The van der Waals surface area contributed by atoms with Crippen molar-refractivity contribution in [1.82, 2.24) is 14.3 Å². The summed E-state index contributed by atoms with van der Waals surface area (Å²) >= 11 is 1.17. The van der Waals surface area contributed by atoms with E-state index < -0.39 is 16.8 Å². The fourth-order valence-electron chi connectivity index (χ4n) is 5.33. The average molecular weight is 509 g/mol. The van der Waals surface area contributed by atoms with Crippen LogP contribution in [0.4, 0.5) is 10.1 Å². The Morgan fingerprint density at radius 2 is 2.03 bits per heavy atom. The van der Waals surface area contributed by atoms with Gasteiger partial charge in [-0.15, -0.1) is 12.4 Å². The molecule has 2 saturated carbocycles. The van der Waals surface area contributed by atoms with Crippen LogP contribution in [0.5, 0.6) is 5.75 Å². The van der Waals surface area contributed by atoms with Gasteiger partial charge in [0.15, 0.2) is 11.6 Å². The highest BCUT2D eigenvalue weighted by molar-refractivity contribution is 7.12. The van der Waals surface area contributed by atoms with Crippen LogP contribution >= 0.6 is 23.9 Å². The minimum absolute atomic E-state index is 0. The van der Waals surface area contributed by atoms with Crippen molar-refractivity contribution in [3.8, 4) is 5.75 Å². The standard InChI is InChI=1S/C24H29FN4O3S.ClH/c1-12(26-10-13-3-4-13)14-7-8-28(11-14)20-17(25)9-16-19(22(20)32-2)29(15-5-6-15)24-18(21(16)30)23(31)27-33-24;/h9,12-15,26H,3-8,10-11H2,1-2H3,(H,27,31);1H/t12?,14-;/m1./s1. The lowest BCUT2D eigenvalue weighted by Crippen LogP contribution is -2.36. The molecule has 6 rings (SSSR count). The molecule has 10 heteroatoms. The van der Waals surface area contributed by atoms with Crippen molar-refractivity contribution >= 4 is 50.7 Å². The summed E-state index contributed by atoms with van der Waals surface area (Å²) < 4.78 is 26.1. The lowest BCUT2D eigenvalue weighted by molar-refractivity contribution is 0.394. The van der Waals surface area contributed by atoms with Gasteiger partial charge < -0.3 is 19.5 Å². The minimum atomic E-state index is -0.468. The summed E-state index contributed by atoms with van der Waals surface area (Å²) in [6, 6.07) is 1.87. The van der Waals surface area contributed by atoms with Crippen molar-refractivity contribution in [2.45, 2.75) is 51.1 Å². The van der Waals surface area contributed by atoms with Gasteiger partial charge in [0.05, 0.1) is 18.0 Å². The van der Waals surface area contributed by atoms with E-state index in [4.69, 9.17) is 4.74 Å². The fourth-order valence-corrected chi connectivity index (χ4v) is 6.25. The van der Waals surface area contributed by atoms with Crippen molar-refractivity contribution in [1.29, 1.82) is 0 Å². The number of methoxy groups -OCH3 is 1. The quantitative estimate of drug-likeness (QED) is 0.504. The SMILES string of the molecule is COc1c(N2CC[C@@H](C(C)NCC3CC3)C2)c(F)cc2c(=O)c3c(=O)[nH]sc3n(C3CC3)c12.Cl. The number of ether oxygens (including phenoxy) is 1. The van der Waals surface area contributed by atoms with Gasteiger partial charge in [-0.05, 0) is 75.0 Å². The number of benzene rings is 1. The Balaban J connectivity index is 0.00000241. The summed E-state index contributed by atoms with van der Waals surface area (Å²) in [5, 5.41) is 4.00. The Morgan fingerprint density at radius 1 is 1.26 bits per heavy atom. The van der Waals surface area contributed by atoms with E-state index in [1.807, 2.05) is 4.57 Å². The molecule has 1 aliphatic heterocycles. The Morgan fingerprint density at radius 3 is 2.71 bits per heavy atom. The van der Waals surface area contributed by atoms with Crippen LogP contribution in [0.25, 0.3) is 21.1 Å². The third-order valence-corrected chi connectivity index (χ3v) is 8.47. The number of rotatable bonds is 7. The first kappa shape index (κ1) is 23.6. The smallest absolute Gasteiger partial charge is 0.271 e. The summed E-state index contributed by atoms with van der Waals surface area (Å²) in [6.07, 6.45) is 5.55. The second kappa shape index (κ2) is 8.84. The molecule has 2 aromatic heterocycles. The monoisotopic (exact) mass is 508 g/mol. The average Bonchev–Trinajstić information content (AvgIpc) is 3.73. The number of anilines is 1.